The number of carbonyl (C=O) groups is 1. The second-order valence-corrected chi connectivity index (χ2v) is 11.2. The Hall–Kier alpha value is -2.22. The molecule has 0 radical (unpaired) electrons. The molecule has 1 heterocycles. The highest BCUT2D eigenvalue weighted by Gasteiger charge is 2.41. The zero-order valence-corrected chi connectivity index (χ0v) is 23.4. The number of unbranched alkanes of at least 4 members (excludes halogenated alkanes) is 1. The molecule has 1 saturated heterocycles. The molecule has 0 amide bonds. The van der Waals surface area contributed by atoms with Crippen molar-refractivity contribution in [1.82, 2.24) is 4.90 Å². The van der Waals surface area contributed by atoms with Crippen molar-refractivity contribution in [3.8, 4) is 0 Å². The number of allylic oxidation sites excluding steroid dienone is 2. The molecule has 4 rings (SSSR count). The van der Waals surface area contributed by atoms with Gasteiger partial charge >= 0.3 is 5.97 Å². The first-order valence-corrected chi connectivity index (χ1v) is 14.7. The van der Waals surface area contributed by atoms with Gasteiger partial charge in [0.15, 0.2) is 0 Å². The number of halogens is 1. The SMILES string of the molecule is O=C(CCCC=CC[C@@H]1[C@@H](c2ccc(C(O)Cc3ccccc3)cc2)[C@H](O)C[C@H]1Cl)OCCN1CCOCC1. The largest absolute Gasteiger partial charge is 0.464 e. The molecule has 7 heteroatoms. The van der Waals surface area contributed by atoms with Crippen LogP contribution in [0, 0.1) is 5.92 Å². The molecule has 1 aliphatic carbocycles. The van der Waals surface area contributed by atoms with E-state index in [0.29, 0.717) is 25.9 Å². The number of rotatable bonds is 13. The number of morpholine rings is 1. The fourth-order valence-electron chi connectivity index (χ4n) is 5.64. The highest BCUT2D eigenvalue weighted by atomic mass is 35.5. The maximum atomic E-state index is 12.0. The van der Waals surface area contributed by atoms with Gasteiger partial charge in [-0.2, -0.15) is 0 Å². The molecular formula is C32H42ClNO5. The lowest BCUT2D eigenvalue weighted by Gasteiger charge is -2.26. The summed E-state index contributed by atoms with van der Waals surface area (Å²) in [6.07, 6.45) is 7.06. The Labute approximate surface area is 237 Å². The number of nitrogens with zero attached hydrogens (tertiary/aromatic N) is 1. The van der Waals surface area contributed by atoms with E-state index in [2.05, 4.69) is 17.1 Å². The van der Waals surface area contributed by atoms with Crippen LogP contribution < -0.4 is 0 Å². The van der Waals surface area contributed by atoms with Gasteiger partial charge in [-0.3, -0.25) is 9.69 Å². The minimum Gasteiger partial charge on any atom is -0.464 e. The van der Waals surface area contributed by atoms with E-state index >= 15 is 0 Å². The number of aliphatic hydroxyl groups is 2. The molecule has 0 aromatic heterocycles. The average Bonchev–Trinajstić information content (AvgIpc) is 3.24. The molecule has 5 atom stereocenters. The van der Waals surface area contributed by atoms with E-state index in [1.54, 1.807) is 0 Å². The van der Waals surface area contributed by atoms with E-state index in [9.17, 15) is 15.0 Å². The number of esters is 1. The van der Waals surface area contributed by atoms with E-state index in [-0.39, 0.29) is 23.2 Å². The van der Waals surface area contributed by atoms with Crippen LogP contribution in [-0.2, 0) is 20.7 Å². The molecule has 6 nitrogen and oxygen atoms in total. The summed E-state index contributed by atoms with van der Waals surface area (Å²) in [5.74, 6) is -0.0594. The molecule has 0 bridgehead atoms. The van der Waals surface area contributed by atoms with Gasteiger partial charge in [-0.15, -0.1) is 11.6 Å². The lowest BCUT2D eigenvalue weighted by molar-refractivity contribution is -0.144. The summed E-state index contributed by atoms with van der Waals surface area (Å²) >= 11 is 6.67. The quantitative estimate of drug-likeness (QED) is 0.156. The summed E-state index contributed by atoms with van der Waals surface area (Å²) in [5.41, 5.74) is 3.02. The number of hydrogen-bond donors (Lipinski definition) is 2. The van der Waals surface area contributed by atoms with Gasteiger partial charge < -0.3 is 19.7 Å². The van der Waals surface area contributed by atoms with Crippen molar-refractivity contribution in [2.75, 3.05) is 39.5 Å². The van der Waals surface area contributed by atoms with Crippen LogP contribution >= 0.6 is 11.6 Å². The minimum absolute atomic E-state index is 0.0427. The molecule has 2 aliphatic rings. The molecule has 2 aromatic rings. The monoisotopic (exact) mass is 555 g/mol. The molecule has 0 spiro atoms. The number of ether oxygens (including phenoxy) is 2. The summed E-state index contributed by atoms with van der Waals surface area (Å²) in [4.78, 5) is 14.3. The first-order chi connectivity index (χ1) is 19.0. The van der Waals surface area contributed by atoms with Crippen LogP contribution in [0.2, 0.25) is 0 Å². The van der Waals surface area contributed by atoms with Crippen molar-refractivity contribution >= 4 is 17.6 Å². The van der Waals surface area contributed by atoms with Crippen LogP contribution in [0.5, 0.6) is 0 Å². The Morgan fingerprint density at radius 2 is 1.85 bits per heavy atom. The lowest BCUT2D eigenvalue weighted by atomic mass is 9.84. The number of hydrogen-bond acceptors (Lipinski definition) is 6. The summed E-state index contributed by atoms with van der Waals surface area (Å²) in [7, 11) is 0. The van der Waals surface area contributed by atoms with Crippen LogP contribution in [0.15, 0.2) is 66.7 Å². The molecule has 2 aromatic carbocycles. The number of carbonyl (C=O) groups excluding carboxylic acids is 1. The van der Waals surface area contributed by atoms with E-state index in [1.165, 1.54) is 0 Å². The maximum Gasteiger partial charge on any atom is 0.305 e. The minimum atomic E-state index is -0.573. The smallest absolute Gasteiger partial charge is 0.305 e. The zero-order chi connectivity index (χ0) is 27.5. The van der Waals surface area contributed by atoms with Crippen LogP contribution in [0.3, 0.4) is 0 Å². The molecule has 1 saturated carbocycles. The van der Waals surface area contributed by atoms with Crippen molar-refractivity contribution in [1.29, 1.82) is 0 Å². The van der Waals surface area contributed by atoms with Crippen molar-refractivity contribution < 1.29 is 24.5 Å². The number of benzene rings is 2. The Morgan fingerprint density at radius 1 is 1.10 bits per heavy atom. The maximum absolute atomic E-state index is 12.0. The molecule has 212 valence electrons. The van der Waals surface area contributed by atoms with Crippen LogP contribution in [-0.4, -0.2) is 72.0 Å². The first-order valence-electron chi connectivity index (χ1n) is 14.3. The molecule has 1 aliphatic heterocycles. The topological polar surface area (TPSA) is 79.2 Å². The van der Waals surface area contributed by atoms with Crippen molar-refractivity contribution in [2.24, 2.45) is 5.92 Å². The highest BCUT2D eigenvalue weighted by Crippen LogP contribution is 2.45. The van der Waals surface area contributed by atoms with Crippen LogP contribution in [0.4, 0.5) is 0 Å². The fraction of sp³-hybridized carbons (Fsp3) is 0.531. The Kier molecular flexibility index (Phi) is 11.9. The number of alkyl halides is 1. The van der Waals surface area contributed by atoms with Crippen molar-refractivity contribution in [3.05, 3.63) is 83.4 Å². The fourth-order valence-corrected chi connectivity index (χ4v) is 6.08. The van der Waals surface area contributed by atoms with Gasteiger partial charge in [-0.1, -0.05) is 66.7 Å². The van der Waals surface area contributed by atoms with Crippen LogP contribution in [0.25, 0.3) is 0 Å². The predicted octanol–water partition coefficient (Wildman–Crippen LogP) is 5.03. The Bertz CT molecular complexity index is 1020. The third-order valence-electron chi connectivity index (χ3n) is 7.89. The third kappa shape index (κ3) is 9.16. The molecule has 1 unspecified atom stereocenters. The second kappa shape index (κ2) is 15.5. The van der Waals surface area contributed by atoms with Gasteiger partial charge in [0.1, 0.15) is 6.61 Å². The highest BCUT2D eigenvalue weighted by molar-refractivity contribution is 6.21. The van der Waals surface area contributed by atoms with Gasteiger partial charge in [0.05, 0.1) is 25.4 Å². The third-order valence-corrected chi connectivity index (χ3v) is 8.39. The van der Waals surface area contributed by atoms with Crippen molar-refractivity contribution in [3.63, 3.8) is 0 Å². The molecular weight excluding hydrogens is 514 g/mol. The van der Waals surface area contributed by atoms with E-state index in [4.69, 9.17) is 21.1 Å². The predicted molar refractivity (Wildman–Crippen MR) is 154 cm³/mol. The molecule has 2 N–H and O–H groups in total. The zero-order valence-electron chi connectivity index (χ0n) is 22.7. The van der Waals surface area contributed by atoms with Crippen LogP contribution in [0.1, 0.15) is 60.8 Å². The summed E-state index contributed by atoms with van der Waals surface area (Å²) in [5, 5.41) is 21.4. The van der Waals surface area contributed by atoms with Gasteiger partial charge in [0.25, 0.3) is 0 Å². The summed E-state index contributed by atoms with van der Waals surface area (Å²) < 4.78 is 10.7. The summed E-state index contributed by atoms with van der Waals surface area (Å²) in [6.45, 7) is 4.49. The van der Waals surface area contributed by atoms with E-state index in [1.807, 2.05) is 54.6 Å². The normalized spacial score (nSPS) is 24.7. The first kappa shape index (κ1) is 29.8. The van der Waals surface area contributed by atoms with E-state index in [0.717, 1.165) is 68.8 Å². The second-order valence-electron chi connectivity index (χ2n) is 10.7. The van der Waals surface area contributed by atoms with Gasteiger partial charge in [0, 0.05) is 43.8 Å². The van der Waals surface area contributed by atoms with Gasteiger partial charge in [-0.25, -0.2) is 0 Å². The van der Waals surface area contributed by atoms with Gasteiger partial charge in [-0.05, 0) is 48.3 Å². The Balaban J connectivity index is 1.20. The van der Waals surface area contributed by atoms with E-state index < -0.39 is 12.2 Å². The lowest BCUT2D eigenvalue weighted by Crippen LogP contribution is -2.38. The molecule has 2 fully saturated rings. The number of aliphatic hydroxyl groups excluding tert-OH is 2. The van der Waals surface area contributed by atoms with Gasteiger partial charge in [0.2, 0.25) is 0 Å². The standard InChI is InChI=1S/C32H42ClNO5/c33-28-23-30(36)32(26-14-12-25(13-15-26)29(35)22-24-8-4-3-5-9-24)27(28)10-6-1-2-7-11-31(37)39-21-18-34-16-19-38-20-17-34/h1,3-6,8-9,12-15,27-30,32,35-36H,2,7,10-11,16-23H2/t27-,28+,29?,30+,32+/m0/s1. The van der Waals surface area contributed by atoms with Crippen molar-refractivity contribution in [2.45, 2.75) is 62.0 Å². The molecule has 39 heavy (non-hydrogen) atoms. The Morgan fingerprint density at radius 3 is 2.59 bits per heavy atom. The average molecular weight is 556 g/mol. The summed E-state index contributed by atoms with van der Waals surface area (Å²) in [6, 6.07) is 17.9.